The smallest absolute Gasteiger partial charge is 0.335 e. The highest BCUT2D eigenvalue weighted by molar-refractivity contribution is 5.94. The SMILES string of the molecule is O=C(O)c1ccc(CCO)c(C(=O)O)c1. The van der Waals surface area contributed by atoms with E-state index in [1.807, 2.05) is 0 Å². The van der Waals surface area contributed by atoms with E-state index in [2.05, 4.69) is 0 Å². The first-order valence-corrected chi connectivity index (χ1v) is 4.26. The number of hydrogen-bond donors (Lipinski definition) is 3. The molecule has 0 aliphatic carbocycles. The maximum absolute atomic E-state index is 10.8. The first-order chi connectivity index (χ1) is 7.06. The minimum absolute atomic E-state index is 0.0749. The molecule has 0 heterocycles. The molecule has 0 bridgehead atoms. The summed E-state index contributed by atoms with van der Waals surface area (Å²) in [7, 11) is 0. The van der Waals surface area contributed by atoms with E-state index in [-0.39, 0.29) is 24.2 Å². The molecule has 0 unspecified atom stereocenters. The van der Waals surface area contributed by atoms with Crippen molar-refractivity contribution < 1.29 is 24.9 Å². The topological polar surface area (TPSA) is 94.8 Å². The van der Waals surface area contributed by atoms with Crippen LogP contribution in [-0.2, 0) is 6.42 Å². The van der Waals surface area contributed by atoms with Gasteiger partial charge in [0.05, 0.1) is 11.1 Å². The number of hydrogen-bond acceptors (Lipinski definition) is 3. The van der Waals surface area contributed by atoms with Crippen LogP contribution in [0.4, 0.5) is 0 Å². The summed E-state index contributed by atoms with van der Waals surface area (Å²) in [5.74, 6) is -2.37. The summed E-state index contributed by atoms with van der Waals surface area (Å²) < 4.78 is 0. The second kappa shape index (κ2) is 4.56. The van der Waals surface area contributed by atoms with Crippen molar-refractivity contribution in [1.29, 1.82) is 0 Å². The Morgan fingerprint density at radius 3 is 2.27 bits per heavy atom. The summed E-state index contributed by atoms with van der Waals surface area (Å²) in [5, 5.41) is 26.2. The van der Waals surface area contributed by atoms with Crippen LogP contribution in [0.5, 0.6) is 0 Å². The number of aliphatic hydroxyl groups excluding tert-OH is 1. The van der Waals surface area contributed by atoms with E-state index in [9.17, 15) is 9.59 Å². The molecule has 0 saturated heterocycles. The molecule has 1 aromatic carbocycles. The molecule has 3 N–H and O–H groups in total. The van der Waals surface area contributed by atoms with Crippen molar-refractivity contribution in [3.63, 3.8) is 0 Å². The predicted octanol–water partition coefficient (Wildman–Crippen LogP) is 0.618. The average Bonchev–Trinajstić information content (AvgIpc) is 2.18. The van der Waals surface area contributed by atoms with Gasteiger partial charge in [-0.25, -0.2) is 9.59 Å². The van der Waals surface area contributed by atoms with Crippen molar-refractivity contribution in [3.8, 4) is 0 Å². The number of carboxylic acids is 2. The van der Waals surface area contributed by atoms with E-state index in [1.165, 1.54) is 12.1 Å². The van der Waals surface area contributed by atoms with Gasteiger partial charge in [-0.05, 0) is 24.1 Å². The third kappa shape index (κ3) is 2.54. The summed E-state index contributed by atoms with van der Waals surface area (Å²) in [5.41, 5.74) is 0.271. The summed E-state index contributed by atoms with van der Waals surface area (Å²) in [6.07, 6.45) is 0.196. The Balaban J connectivity index is 3.20. The Labute approximate surface area is 85.6 Å². The number of benzene rings is 1. The van der Waals surface area contributed by atoms with E-state index in [4.69, 9.17) is 15.3 Å². The first-order valence-electron chi connectivity index (χ1n) is 4.26. The second-order valence-corrected chi connectivity index (χ2v) is 2.96. The fourth-order valence-electron chi connectivity index (χ4n) is 1.25. The van der Waals surface area contributed by atoms with E-state index < -0.39 is 11.9 Å². The lowest BCUT2D eigenvalue weighted by Crippen LogP contribution is -2.07. The molecule has 0 amide bonds. The summed E-state index contributed by atoms with van der Waals surface area (Å²) in [6, 6.07) is 3.82. The molecular formula is C10H10O5. The largest absolute Gasteiger partial charge is 0.478 e. The van der Waals surface area contributed by atoms with Crippen LogP contribution >= 0.6 is 0 Å². The minimum Gasteiger partial charge on any atom is -0.478 e. The number of aliphatic hydroxyl groups is 1. The molecule has 0 saturated carbocycles. The molecule has 0 radical (unpaired) electrons. The maximum Gasteiger partial charge on any atom is 0.335 e. The van der Waals surface area contributed by atoms with Gasteiger partial charge in [-0.3, -0.25) is 0 Å². The molecule has 1 rings (SSSR count). The van der Waals surface area contributed by atoms with Gasteiger partial charge in [0.1, 0.15) is 0 Å². The quantitative estimate of drug-likeness (QED) is 0.677. The Morgan fingerprint density at radius 1 is 1.13 bits per heavy atom. The van der Waals surface area contributed by atoms with Crippen molar-refractivity contribution in [2.75, 3.05) is 6.61 Å². The zero-order valence-corrected chi connectivity index (χ0v) is 7.80. The molecule has 80 valence electrons. The molecule has 0 fully saturated rings. The van der Waals surface area contributed by atoms with Crippen LogP contribution in [0.15, 0.2) is 18.2 Å². The van der Waals surface area contributed by atoms with Gasteiger partial charge in [0, 0.05) is 6.61 Å². The Kier molecular flexibility index (Phi) is 3.41. The third-order valence-electron chi connectivity index (χ3n) is 1.97. The van der Waals surface area contributed by atoms with Crippen molar-refractivity contribution in [2.45, 2.75) is 6.42 Å². The van der Waals surface area contributed by atoms with Crippen molar-refractivity contribution in [2.24, 2.45) is 0 Å². The van der Waals surface area contributed by atoms with Crippen LogP contribution in [0.3, 0.4) is 0 Å². The van der Waals surface area contributed by atoms with Gasteiger partial charge >= 0.3 is 11.9 Å². The van der Waals surface area contributed by atoms with E-state index >= 15 is 0 Å². The van der Waals surface area contributed by atoms with Gasteiger partial charge in [-0.1, -0.05) is 6.07 Å². The van der Waals surface area contributed by atoms with E-state index in [0.717, 1.165) is 6.07 Å². The first kappa shape index (κ1) is 11.2. The summed E-state index contributed by atoms with van der Waals surface area (Å²) in [4.78, 5) is 21.4. The lowest BCUT2D eigenvalue weighted by Gasteiger charge is -2.05. The molecular weight excluding hydrogens is 200 g/mol. The minimum atomic E-state index is -1.19. The lowest BCUT2D eigenvalue weighted by molar-refractivity contribution is 0.0695. The van der Waals surface area contributed by atoms with E-state index in [0.29, 0.717) is 5.56 Å². The zero-order valence-electron chi connectivity index (χ0n) is 7.80. The Bertz CT molecular complexity index is 397. The highest BCUT2D eigenvalue weighted by atomic mass is 16.4. The van der Waals surface area contributed by atoms with Crippen molar-refractivity contribution >= 4 is 11.9 Å². The highest BCUT2D eigenvalue weighted by Crippen LogP contribution is 2.13. The number of carbonyl (C=O) groups is 2. The van der Waals surface area contributed by atoms with Crippen LogP contribution in [0.25, 0.3) is 0 Å². The fourth-order valence-corrected chi connectivity index (χ4v) is 1.25. The fraction of sp³-hybridized carbons (Fsp3) is 0.200. The Hall–Kier alpha value is -1.88. The monoisotopic (exact) mass is 210 g/mol. The molecule has 0 aliphatic rings. The molecule has 5 heteroatoms. The molecule has 0 spiro atoms. The van der Waals surface area contributed by atoms with Gasteiger partial charge < -0.3 is 15.3 Å². The van der Waals surface area contributed by atoms with Crippen LogP contribution in [0.2, 0.25) is 0 Å². The van der Waals surface area contributed by atoms with E-state index in [1.54, 1.807) is 0 Å². The van der Waals surface area contributed by atoms with Crippen LogP contribution < -0.4 is 0 Å². The number of aromatic carboxylic acids is 2. The second-order valence-electron chi connectivity index (χ2n) is 2.96. The predicted molar refractivity (Wildman–Crippen MR) is 51.2 cm³/mol. The standard InChI is InChI=1S/C10H10O5/c11-4-3-6-1-2-7(9(12)13)5-8(6)10(14)15/h1-2,5,11H,3-4H2,(H,12,13)(H,14,15). The molecule has 0 aromatic heterocycles. The van der Waals surface area contributed by atoms with Gasteiger partial charge in [-0.15, -0.1) is 0 Å². The molecule has 15 heavy (non-hydrogen) atoms. The van der Waals surface area contributed by atoms with Crippen LogP contribution in [0, 0.1) is 0 Å². The average molecular weight is 210 g/mol. The van der Waals surface area contributed by atoms with Crippen molar-refractivity contribution in [1.82, 2.24) is 0 Å². The maximum atomic E-state index is 10.8. The van der Waals surface area contributed by atoms with Gasteiger partial charge in [0.25, 0.3) is 0 Å². The Morgan fingerprint density at radius 2 is 1.80 bits per heavy atom. The summed E-state index contributed by atoms with van der Waals surface area (Å²) >= 11 is 0. The van der Waals surface area contributed by atoms with Crippen LogP contribution in [-0.4, -0.2) is 33.9 Å². The van der Waals surface area contributed by atoms with Gasteiger partial charge in [-0.2, -0.15) is 0 Å². The summed E-state index contributed by atoms with van der Waals surface area (Å²) in [6.45, 7) is -0.174. The van der Waals surface area contributed by atoms with Crippen LogP contribution in [0.1, 0.15) is 26.3 Å². The zero-order chi connectivity index (χ0) is 11.4. The molecule has 5 nitrogen and oxygen atoms in total. The number of rotatable bonds is 4. The molecule has 0 atom stereocenters. The van der Waals surface area contributed by atoms with Crippen molar-refractivity contribution in [3.05, 3.63) is 34.9 Å². The third-order valence-corrected chi connectivity index (χ3v) is 1.97. The highest BCUT2D eigenvalue weighted by Gasteiger charge is 2.13. The van der Waals surface area contributed by atoms with Gasteiger partial charge in [0.2, 0.25) is 0 Å². The normalized spacial score (nSPS) is 9.93. The van der Waals surface area contributed by atoms with Gasteiger partial charge in [0.15, 0.2) is 0 Å². The molecule has 0 aliphatic heterocycles. The number of carboxylic acid groups (broad SMARTS) is 2. The lowest BCUT2D eigenvalue weighted by atomic mass is 10.0. The molecule has 1 aromatic rings.